The van der Waals surface area contributed by atoms with Crippen LogP contribution in [0.1, 0.15) is 30.5 Å². The van der Waals surface area contributed by atoms with Gasteiger partial charge in [0.05, 0.1) is 6.20 Å². The summed E-state index contributed by atoms with van der Waals surface area (Å²) in [5.74, 6) is 0. The van der Waals surface area contributed by atoms with Gasteiger partial charge in [0.2, 0.25) is 0 Å². The van der Waals surface area contributed by atoms with E-state index in [1.807, 2.05) is 0 Å². The molecule has 2 aliphatic rings. The Morgan fingerprint density at radius 2 is 2.43 bits per heavy atom. The first kappa shape index (κ1) is 8.48. The van der Waals surface area contributed by atoms with E-state index in [0.717, 1.165) is 6.54 Å². The summed E-state index contributed by atoms with van der Waals surface area (Å²) >= 11 is 0. The van der Waals surface area contributed by atoms with Crippen molar-refractivity contribution in [1.29, 1.82) is 0 Å². The summed E-state index contributed by atoms with van der Waals surface area (Å²) in [5, 5.41) is 7.91. The van der Waals surface area contributed by atoms with Gasteiger partial charge in [0.1, 0.15) is 0 Å². The predicted molar refractivity (Wildman–Crippen MR) is 55.3 cm³/mol. The van der Waals surface area contributed by atoms with E-state index in [1.54, 1.807) is 0 Å². The first-order valence-corrected chi connectivity index (χ1v) is 5.54. The molecule has 2 heterocycles. The smallest absolute Gasteiger partial charge is 0.0524 e. The van der Waals surface area contributed by atoms with Gasteiger partial charge in [0.15, 0.2) is 0 Å². The quantitative estimate of drug-likeness (QED) is 0.662. The van der Waals surface area contributed by atoms with Crippen molar-refractivity contribution in [3.05, 3.63) is 17.5 Å². The number of rotatable bonds is 0. The second-order valence-electron chi connectivity index (χ2n) is 4.70. The van der Waals surface area contributed by atoms with E-state index in [0.29, 0.717) is 5.41 Å². The van der Waals surface area contributed by atoms with E-state index in [9.17, 15) is 0 Å². The lowest BCUT2D eigenvalue weighted by Crippen LogP contribution is -2.43. The van der Waals surface area contributed by atoms with Crippen LogP contribution in [0.15, 0.2) is 6.20 Å². The number of hydrogen-bond acceptors (Lipinski definition) is 2. The summed E-state index contributed by atoms with van der Waals surface area (Å²) < 4.78 is 2.09. The Kier molecular flexibility index (Phi) is 1.71. The summed E-state index contributed by atoms with van der Waals surface area (Å²) in [7, 11) is 2.08. The van der Waals surface area contributed by atoms with Gasteiger partial charge in [-0.3, -0.25) is 4.68 Å². The Labute approximate surface area is 84.5 Å². The molecule has 0 amide bonds. The van der Waals surface area contributed by atoms with E-state index in [-0.39, 0.29) is 0 Å². The van der Waals surface area contributed by atoms with Crippen LogP contribution in [0.2, 0.25) is 0 Å². The van der Waals surface area contributed by atoms with Crippen molar-refractivity contribution >= 4 is 0 Å². The van der Waals surface area contributed by atoms with Gasteiger partial charge in [-0.15, -0.1) is 0 Å². The molecule has 3 heteroatoms. The highest BCUT2D eigenvalue weighted by atomic mass is 15.3. The summed E-state index contributed by atoms with van der Waals surface area (Å²) in [6, 6.07) is 0. The molecular weight excluding hydrogens is 174 g/mol. The maximum absolute atomic E-state index is 4.38. The number of nitrogens with one attached hydrogen (secondary N) is 1. The molecular formula is C11H17N3. The average molecular weight is 191 g/mol. The third kappa shape index (κ3) is 0.989. The van der Waals surface area contributed by atoms with Crippen molar-refractivity contribution in [2.45, 2.75) is 31.1 Å². The lowest BCUT2D eigenvalue weighted by atomic mass is 9.78. The molecule has 1 aromatic rings. The van der Waals surface area contributed by atoms with Gasteiger partial charge < -0.3 is 5.32 Å². The van der Waals surface area contributed by atoms with Crippen LogP contribution in [-0.2, 0) is 18.9 Å². The lowest BCUT2D eigenvalue weighted by Gasteiger charge is -2.34. The van der Waals surface area contributed by atoms with Crippen LogP contribution in [0.3, 0.4) is 0 Å². The first-order valence-electron chi connectivity index (χ1n) is 5.54. The van der Waals surface area contributed by atoms with Crippen molar-refractivity contribution in [2.24, 2.45) is 7.05 Å². The van der Waals surface area contributed by atoms with Crippen molar-refractivity contribution in [3.8, 4) is 0 Å². The number of aromatic nitrogens is 2. The highest BCUT2D eigenvalue weighted by Crippen LogP contribution is 2.42. The van der Waals surface area contributed by atoms with Crippen LogP contribution in [0.25, 0.3) is 0 Å². The molecule has 0 saturated carbocycles. The monoisotopic (exact) mass is 191 g/mol. The molecule has 0 radical (unpaired) electrons. The van der Waals surface area contributed by atoms with Gasteiger partial charge in [-0.1, -0.05) is 0 Å². The van der Waals surface area contributed by atoms with Crippen LogP contribution in [-0.4, -0.2) is 22.9 Å². The Balaban J connectivity index is 2.05. The highest BCUT2D eigenvalue weighted by Gasteiger charge is 2.42. The topological polar surface area (TPSA) is 29.9 Å². The molecule has 1 atom stereocenters. The van der Waals surface area contributed by atoms with Gasteiger partial charge >= 0.3 is 0 Å². The maximum Gasteiger partial charge on any atom is 0.0524 e. The average Bonchev–Trinajstić information content (AvgIpc) is 2.73. The van der Waals surface area contributed by atoms with Crippen LogP contribution < -0.4 is 5.32 Å². The Hall–Kier alpha value is -0.830. The lowest BCUT2D eigenvalue weighted by molar-refractivity contribution is 0.295. The minimum atomic E-state index is 0.416. The summed E-state index contributed by atoms with van der Waals surface area (Å²) in [4.78, 5) is 0. The maximum atomic E-state index is 4.38. The molecule has 1 fully saturated rings. The number of piperidine rings is 1. The molecule has 0 bridgehead atoms. The minimum absolute atomic E-state index is 0.416. The zero-order valence-electron chi connectivity index (χ0n) is 8.71. The molecule has 3 rings (SSSR count). The van der Waals surface area contributed by atoms with E-state index in [2.05, 4.69) is 28.3 Å². The molecule has 1 aliphatic carbocycles. The summed E-state index contributed by atoms with van der Waals surface area (Å²) in [6.07, 6.45) is 7.25. The molecule has 1 aliphatic heterocycles. The number of fused-ring (bicyclic) bond motifs is 2. The van der Waals surface area contributed by atoms with Gasteiger partial charge in [-0.2, -0.15) is 5.10 Å². The van der Waals surface area contributed by atoms with Crippen molar-refractivity contribution in [2.75, 3.05) is 13.1 Å². The van der Waals surface area contributed by atoms with Crippen LogP contribution in [0.5, 0.6) is 0 Å². The van der Waals surface area contributed by atoms with Gasteiger partial charge in [0, 0.05) is 24.7 Å². The second kappa shape index (κ2) is 2.83. The van der Waals surface area contributed by atoms with Gasteiger partial charge in [-0.05, 0) is 37.8 Å². The SMILES string of the molecule is Cn1ncc2c1[C@@]1(CCCNC1)CC2. The molecule has 1 saturated heterocycles. The van der Waals surface area contributed by atoms with E-state index in [4.69, 9.17) is 0 Å². The fourth-order valence-electron chi connectivity index (χ4n) is 3.23. The molecule has 76 valence electrons. The van der Waals surface area contributed by atoms with Crippen LogP contribution in [0.4, 0.5) is 0 Å². The predicted octanol–water partition coefficient (Wildman–Crippen LogP) is 0.987. The van der Waals surface area contributed by atoms with Gasteiger partial charge in [-0.25, -0.2) is 0 Å². The molecule has 0 unspecified atom stereocenters. The normalized spacial score (nSPS) is 30.9. The molecule has 14 heavy (non-hydrogen) atoms. The van der Waals surface area contributed by atoms with Crippen LogP contribution >= 0.6 is 0 Å². The van der Waals surface area contributed by atoms with Crippen LogP contribution in [0, 0.1) is 0 Å². The van der Waals surface area contributed by atoms with E-state index in [1.165, 1.54) is 43.5 Å². The van der Waals surface area contributed by atoms with Crippen molar-refractivity contribution in [1.82, 2.24) is 15.1 Å². The molecule has 1 N–H and O–H groups in total. The van der Waals surface area contributed by atoms with E-state index >= 15 is 0 Å². The second-order valence-corrected chi connectivity index (χ2v) is 4.70. The largest absolute Gasteiger partial charge is 0.316 e. The zero-order valence-corrected chi connectivity index (χ0v) is 8.71. The molecule has 1 aromatic heterocycles. The number of hydrogen-bond donors (Lipinski definition) is 1. The first-order chi connectivity index (χ1) is 6.82. The fourth-order valence-corrected chi connectivity index (χ4v) is 3.23. The fraction of sp³-hybridized carbons (Fsp3) is 0.727. The van der Waals surface area contributed by atoms with E-state index < -0.39 is 0 Å². The molecule has 3 nitrogen and oxygen atoms in total. The molecule has 1 spiro atoms. The third-order valence-corrected chi connectivity index (χ3v) is 3.86. The zero-order chi connectivity index (χ0) is 9.60. The Bertz CT molecular complexity index is 347. The summed E-state index contributed by atoms with van der Waals surface area (Å²) in [6.45, 7) is 2.34. The standard InChI is InChI=1S/C11H17N3/c1-14-10-9(7-13-14)3-5-11(10)4-2-6-12-8-11/h7,12H,2-6,8H2,1H3/t11-/m0/s1. The number of nitrogens with zero attached hydrogens (tertiary/aromatic N) is 2. The number of aryl methyl sites for hydroxylation is 2. The molecule has 0 aromatic carbocycles. The third-order valence-electron chi connectivity index (χ3n) is 3.86. The Morgan fingerprint density at radius 1 is 1.50 bits per heavy atom. The van der Waals surface area contributed by atoms with Crippen molar-refractivity contribution < 1.29 is 0 Å². The van der Waals surface area contributed by atoms with Crippen molar-refractivity contribution in [3.63, 3.8) is 0 Å². The minimum Gasteiger partial charge on any atom is -0.316 e. The van der Waals surface area contributed by atoms with Gasteiger partial charge in [0.25, 0.3) is 0 Å². The summed E-state index contributed by atoms with van der Waals surface area (Å²) in [5.41, 5.74) is 3.40. The Morgan fingerprint density at radius 3 is 3.21 bits per heavy atom. The highest BCUT2D eigenvalue weighted by molar-refractivity contribution is 5.34.